The van der Waals surface area contributed by atoms with Crippen molar-refractivity contribution in [2.75, 3.05) is 6.61 Å². The highest BCUT2D eigenvalue weighted by Gasteiger charge is 2.12. The molecule has 21 heavy (non-hydrogen) atoms. The van der Waals surface area contributed by atoms with Gasteiger partial charge in [-0.3, -0.25) is 9.59 Å². The van der Waals surface area contributed by atoms with E-state index < -0.39 is 0 Å². The van der Waals surface area contributed by atoms with Gasteiger partial charge < -0.3 is 14.2 Å². The minimum Gasteiger partial charge on any atom is -0.490 e. The molecule has 1 rings (SSSR count). The van der Waals surface area contributed by atoms with Crippen LogP contribution in [0.1, 0.15) is 45.4 Å². The van der Waals surface area contributed by atoms with Crippen molar-refractivity contribution in [1.82, 2.24) is 0 Å². The first-order valence-electron chi connectivity index (χ1n) is 7.29. The predicted molar refractivity (Wildman–Crippen MR) is 78.7 cm³/mol. The topological polar surface area (TPSA) is 61.8 Å². The first-order valence-corrected chi connectivity index (χ1v) is 7.29. The number of para-hydroxylation sites is 1. The number of benzene rings is 1. The highest BCUT2D eigenvalue weighted by atomic mass is 16.6. The summed E-state index contributed by atoms with van der Waals surface area (Å²) >= 11 is 0. The second-order valence-corrected chi connectivity index (χ2v) is 4.63. The van der Waals surface area contributed by atoms with Crippen molar-refractivity contribution in [3.8, 4) is 17.2 Å². The van der Waals surface area contributed by atoms with Crippen molar-refractivity contribution in [1.29, 1.82) is 0 Å². The SMILES string of the molecule is CCCCCCCCOc1cccc(OC=O)c1OC=O. The van der Waals surface area contributed by atoms with Gasteiger partial charge in [-0.1, -0.05) is 45.1 Å². The Morgan fingerprint density at radius 2 is 1.57 bits per heavy atom. The molecule has 0 heterocycles. The molecule has 5 nitrogen and oxygen atoms in total. The molecule has 116 valence electrons. The molecule has 0 amide bonds. The monoisotopic (exact) mass is 294 g/mol. The molecule has 0 aliphatic carbocycles. The number of hydrogen-bond donors (Lipinski definition) is 0. The third-order valence-corrected chi connectivity index (χ3v) is 3.04. The second kappa shape index (κ2) is 10.7. The molecule has 0 aromatic heterocycles. The third-order valence-electron chi connectivity index (χ3n) is 3.04. The minimum atomic E-state index is 0.130. The summed E-state index contributed by atoms with van der Waals surface area (Å²) in [5.74, 6) is 0.693. The Hall–Kier alpha value is -2.04. The molecule has 0 radical (unpaired) electrons. The Bertz CT molecular complexity index is 431. The summed E-state index contributed by atoms with van der Waals surface area (Å²) in [4.78, 5) is 21.0. The van der Waals surface area contributed by atoms with E-state index >= 15 is 0 Å². The first-order chi connectivity index (χ1) is 10.3. The van der Waals surface area contributed by atoms with Crippen LogP contribution in [-0.4, -0.2) is 19.6 Å². The van der Waals surface area contributed by atoms with Crippen molar-refractivity contribution in [3.05, 3.63) is 18.2 Å². The number of carbonyl (C=O) groups excluding carboxylic acids is 2. The molecule has 0 spiro atoms. The number of unbranched alkanes of at least 4 members (excludes halogenated alkanes) is 5. The Labute approximate surface area is 125 Å². The molecule has 5 heteroatoms. The summed E-state index contributed by atoms with van der Waals surface area (Å²) < 4.78 is 15.2. The lowest BCUT2D eigenvalue weighted by Gasteiger charge is -2.12. The molecular weight excluding hydrogens is 272 g/mol. The fourth-order valence-electron chi connectivity index (χ4n) is 1.98. The summed E-state index contributed by atoms with van der Waals surface area (Å²) in [6, 6.07) is 4.88. The van der Waals surface area contributed by atoms with E-state index in [1.165, 1.54) is 31.7 Å². The standard InChI is InChI=1S/C16H22O5/c1-2-3-4-5-6-7-11-19-14-9-8-10-15(20-12-17)16(14)21-13-18/h8-10,12-13H,2-7,11H2,1H3. The van der Waals surface area contributed by atoms with Gasteiger partial charge in [0.2, 0.25) is 5.75 Å². The van der Waals surface area contributed by atoms with E-state index in [1.807, 2.05) is 0 Å². The Balaban J connectivity index is 2.47. The van der Waals surface area contributed by atoms with Gasteiger partial charge in [0, 0.05) is 0 Å². The lowest BCUT2D eigenvalue weighted by Crippen LogP contribution is -2.02. The van der Waals surface area contributed by atoms with Gasteiger partial charge in [0.05, 0.1) is 6.61 Å². The molecule has 0 saturated heterocycles. The highest BCUT2D eigenvalue weighted by Crippen LogP contribution is 2.36. The second-order valence-electron chi connectivity index (χ2n) is 4.63. The summed E-state index contributed by atoms with van der Waals surface area (Å²) in [5, 5.41) is 0. The van der Waals surface area contributed by atoms with E-state index in [1.54, 1.807) is 12.1 Å². The maximum absolute atomic E-state index is 10.5. The van der Waals surface area contributed by atoms with E-state index in [-0.39, 0.29) is 24.4 Å². The zero-order valence-corrected chi connectivity index (χ0v) is 12.4. The van der Waals surface area contributed by atoms with Crippen LogP contribution in [0.5, 0.6) is 17.2 Å². The van der Waals surface area contributed by atoms with Crippen LogP contribution < -0.4 is 14.2 Å². The lowest BCUT2D eigenvalue weighted by molar-refractivity contribution is -0.123. The van der Waals surface area contributed by atoms with E-state index in [0.717, 1.165) is 12.8 Å². The van der Waals surface area contributed by atoms with Crippen LogP contribution in [0.2, 0.25) is 0 Å². The molecule has 0 unspecified atom stereocenters. The number of rotatable bonds is 12. The van der Waals surface area contributed by atoms with Crippen LogP contribution in [-0.2, 0) is 9.59 Å². The van der Waals surface area contributed by atoms with Gasteiger partial charge in [0.1, 0.15) is 0 Å². The van der Waals surface area contributed by atoms with Gasteiger partial charge in [-0.25, -0.2) is 0 Å². The van der Waals surface area contributed by atoms with Gasteiger partial charge >= 0.3 is 0 Å². The van der Waals surface area contributed by atoms with Crippen LogP contribution >= 0.6 is 0 Å². The number of ether oxygens (including phenoxy) is 3. The average molecular weight is 294 g/mol. The van der Waals surface area contributed by atoms with Gasteiger partial charge in [-0.05, 0) is 18.6 Å². The van der Waals surface area contributed by atoms with E-state index in [9.17, 15) is 9.59 Å². The van der Waals surface area contributed by atoms with E-state index in [4.69, 9.17) is 14.2 Å². The van der Waals surface area contributed by atoms with Crippen LogP contribution in [0.4, 0.5) is 0 Å². The smallest absolute Gasteiger partial charge is 0.298 e. The fourth-order valence-corrected chi connectivity index (χ4v) is 1.98. The zero-order valence-electron chi connectivity index (χ0n) is 12.4. The Kier molecular flexibility index (Phi) is 8.68. The van der Waals surface area contributed by atoms with Crippen LogP contribution in [0, 0.1) is 0 Å². The van der Waals surface area contributed by atoms with Crippen molar-refractivity contribution >= 4 is 12.9 Å². The van der Waals surface area contributed by atoms with E-state index in [2.05, 4.69) is 6.92 Å². The van der Waals surface area contributed by atoms with Crippen molar-refractivity contribution in [2.24, 2.45) is 0 Å². The van der Waals surface area contributed by atoms with Crippen LogP contribution in [0.15, 0.2) is 18.2 Å². The molecule has 0 aliphatic rings. The Morgan fingerprint density at radius 3 is 2.29 bits per heavy atom. The molecule has 0 bridgehead atoms. The van der Waals surface area contributed by atoms with Gasteiger partial charge in [-0.15, -0.1) is 0 Å². The van der Waals surface area contributed by atoms with E-state index in [0.29, 0.717) is 12.4 Å². The van der Waals surface area contributed by atoms with Gasteiger partial charge in [-0.2, -0.15) is 0 Å². The van der Waals surface area contributed by atoms with Gasteiger partial charge in [0.25, 0.3) is 12.9 Å². The van der Waals surface area contributed by atoms with Crippen molar-refractivity contribution < 1.29 is 23.8 Å². The maximum atomic E-state index is 10.5. The third kappa shape index (κ3) is 6.29. The van der Waals surface area contributed by atoms with Crippen molar-refractivity contribution in [2.45, 2.75) is 45.4 Å². The highest BCUT2D eigenvalue weighted by molar-refractivity contribution is 5.60. The molecule has 1 aromatic rings. The molecule has 0 fully saturated rings. The Morgan fingerprint density at radius 1 is 0.905 bits per heavy atom. The molecule has 0 saturated carbocycles. The molecular formula is C16H22O5. The largest absolute Gasteiger partial charge is 0.490 e. The lowest BCUT2D eigenvalue weighted by atomic mass is 10.1. The summed E-state index contributed by atoms with van der Waals surface area (Å²) in [5.41, 5.74) is 0. The summed E-state index contributed by atoms with van der Waals surface area (Å²) in [6.45, 7) is 3.28. The molecule has 0 aliphatic heterocycles. The summed E-state index contributed by atoms with van der Waals surface area (Å²) in [7, 11) is 0. The van der Waals surface area contributed by atoms with Crippen LogP contribution in [0.3, 0.4) is 0 Å². The van der Waals surface area contributed by atoms with Crippen LogP contribution in [0.25, 0.3) is 0 Å². The quantitative estimate of drug-likeness (QED) is 0.436. The normalized spacial score (nSPS) is 9.95. The average Bonchev–Trinajstić information content (AvgIpc) is 2.49. The minimum absolute atomic E-state index is 0.130. The number of hydrogen-bond acceptors (Lipinski definition) is 5. The molecule has 0 atom stereocenters. The zero-order chi connectivity index (χ0) is 15.3. The predicted octanol–water partition coefficient (Wildman–Crippen LogP) is 3.50. The van der Waals surface area contributed by atoms with Gasteiger partial charge in [0.15, 0.2) is 11.5 Å². The fraction of sp³-hybridized carbons (Fsp3) is 0.500. The first kappa shape index (κ1) is 17.0. The molecule has 0 N–H and O–H groups in total. The molecule has 1 aromatic carbocycles. The maximum Gasteiger partial charge on any atom is 0.298 e. The van der Waals surface area contributed by atoms with Crippen molar-refractivity contribution in [3.63, 3.8) is 0 Å². The number of carbonyl (C=O) groups is 2. The summed E-state index contributed by atoms with van der Waals surface area (Å²) in [6.07, 6.45) is 6.98.